The largest absolute Gasteiger partial charge is 0.309 e. The third-order valence-corrected chi connectivity index (χ3v) is 6.57. The van der Waals surface area contributed by atoms with Gasteiger partial charge in [-0.25, -0.2) is 4.98 Å². The van der Waals surface area contributed by atoms with Crippen molar-refractivity contribution in [2.45, 2.75) is 50.2 Å². The molecule has 2 saturated carbocycles. The van der Waals surface area contributed by atoms with Crippen LogP contribution in [0.1, 0.15) is 53.2 Å². The normalized spacial score (nSPS) is 35.3. The highest BCUT2D eigenvalue weighted by molar-refractivity contribution is 7.11. The van der Waals surface area contributed by atoms with Gasteiger partial charge in [0.05, 0.1) is 11.7 Å². The van der Waals surface area contributed by atoms with E-state index in [4.69, 9.17) is 4.98 Å². The molecule has 0 spiro atoms. The Morgan fingerprint density at radius 1 is 1.10 bits per heavy atom. The van der Waals surface area contributed by atoms with Crippen LogP contribution in [0, 0.1) is 0 Å². The number of piperazine rings is 3. The number of thiazole rings is 1. The summed E-state index contributed by atoms with van der Waals surface area (Å²) in [6.07, 6.45) is 5.46. The summed E-state index contributed by atoms with van der Waals surface area (Å²) in [7, 11) is 0. The maximum atomic E-state index is 5.12. The van der Waals surface area contributed by atoms with E-state index in [1.807, 2.05) is 11.3 Å². The van der Waals surface area contributed by atoms with Crippen LogP contribution in [0.5, 0.6) is 0 Å². The Bertz CT molecular complexity index is 526. The summed E-state index contributed by atoms with van der Waals surface area (Å²) >= 11 is 2.00. The Hall–Kier alpha value is -0.490. The Balaban J connectivity index is 1.39. The second-order valence-electron chi connectivity index (χ2n) is 7.14. The van der Waals surface area contributed by atoms with E-state index in [-0.39, 0.29) is 0 Å². The Labute approximate surface area is 130 Å². The van der Waals surface area contributed by atoms with Gasteiger partial charge in [0.15, 0.2) is 0 Å². The van der Waals surface area contributed by atoms with Crippen molar-refractivity contribution < 1.29 is 0 Å². The fraction of sp³-hybridized carbons (Fsp3) is 0.812. The van der Waals surface area contributed by atoms with Crippen LogP contribution in [0.25, 0.3) is 0 Å². The molecule has 5 aliphatic rings. The third kappa shape index (κ3) is 2.54. The number of hydrogen-bond acceptors (Lipinski definition) is 5. The van der Waals surface area contributed by atoms with E-state index < -0.39 is 0 Å². The zero-order valence-corrected chi connectivity index (χ0v) is 13.4. The summed E-state index contributed by atoms with van der Waals surface area (Å²) in [6, 6.07) is 1.37. The first-order chi connectivity index (χ1) is 10.4. The van der Waals surface area contributed by atoms with Gasteiger partial charge in [-0.1, -0.05) is 0 Å². The maximum absolute atomic E-state index is 5.12. The van der Waals surface area contributed by atoms with Crippen molar-refractivity contribution in [1.29, 1.82) is 0 Å². The van der Waals surface area contributed by atoms with E-state index in [1.54, 1.807) is 0 Å². The van der Waals surface area contributed by atoms with E-state index in [0.717, 1.165) is 18.5 Å². The minimum atomic E-state index is 0.574. The van der Waals surface area contributed by atoms with Gasteiger partial charge < -0.3 is 5.32 Å². The molecule has 0 amide bonds. The Morgan fingerprint density at radius 3 is 2.52 bits per heavy atom. The molecule has 21 heavy (non-hydrogen) atoms. The van der Waals surface area contributed by atoms with Crippen LogP contribution < -0.4 is 5.32 Å². The molecule has 4 heterocycles. The molecule has 0 radical (unpaired) electrons. The minimum absolute atomic E-state index is 0.574. The van der Waals surface area contributed by atoms with Crippen molar-refractivity contribution in [2.75, 3.05) is 32.7 Å². The second kappa shape index (κ2) is 5.01. The molecule has 114 valence electrons. The van der Waals surface area contributed by atoms with Gasteiger partial charge in [-0.15, -0.1) is 11.3 Å². The van der Waals surface area contributed by atoms with Gasteiger partial charge >= 0.3 is 0 Å². The Kier molecular flexibility index (Phi) is 3.10. The van der Waals surface area contributed by atoms with E-state index in [9.17, 15) is 0 Å². The monoisotopic (exact) mass is 304 g/mol. The predicted octanol–water partition coefficient (Wildman–Crippen LogP) is 1.94. The lowest BCUT2D eigenvalue weighted by Gasteiger charge is -2.46. The molecular weight excluding hydrogens is 280 g/mol. The number of hydrogen-bond donors (Lipinski definition) is 1. The smallest absolute Gasteiger partial charge is 0.112 e. The lowest BCUT2D eigenvalue weighted by atomic mass is 10.1. The maximum Gasteiger partial charge on any atom is 0.112 e. The van der Waals surface area contributed by atoms with Gasteiger partial charge in [-0.05, 0) is 25.7 Å². The van der Waals surface area contributed by atoms with Crippen LogP contribution in [0.3, 0.4) is 0 Å². The van der Waals surface area contributed by atoms with Crippen molar-refractivity contribution in [3.63, 3.8) is 0 Å². The lowest BCUT2D eigenvalue weighted by Crippen LogP contribution is -2.56. The van der Waals surface area contributed by atoms with E-state index in [1.165, 1.54) is 74.0 Å². The number of rotatable bonds is 5. The first-order valence-corrected chi connectivity index (χ1v) is 9.38. The van der Waals surface area contributed by atoms with Crippen molar-refractivity contribution in [3.05, 3.63) is 15.6 Å². The highest BCUT2D eigenvalue weighted by atomic mass is 32.1. The van der Waals surface area contributed by atoms with Gasteiger partial charge in [-0.2, -0.15) is 0 Å². The topological polar surface area (TPSA) is 31.4 Å². The summed E-state index contributed by atoms with van der Waals surface area (Å²) < 4.78 is 0. The standard InChI is InChI=1S/C16H24N4S/c1-2-11(1)15-14(9-17-12-3-4-12)21-16(18-15)13-10-19-5-7-20(13)8-6-19/h11-13,17H,1-10H2. The van der Waals surface area contributed by atoms with Crippen LogP contribution in [0.4, 0.5) is 0 Å². The lowest BCUT2D eigenvalue weighted by molar-refractivity contribution is 0.0122. The number of nitrogens with zero attached hydrogens (tertiary/aromatic N) is 3. The van der Waals surface area contributed by atoms with Gasteiger partial charge in [0.25, 0.3) is 0 Å². The molecule has 4 nitrogen and oxygen atoms in total. The molecule has 6 rings (SSSR count). The average molecular weight is 304 g/mol. The molecule has 2 aliphatic carbocycles. The highest BCUT2D eigenvalue weighted by Gasteiger charge is 2.37. The van der Waals surface area contributed by atoms with Crippen LogP contribution >= 0.6 is 11.3 Å². The highest BCUT2D eigenvalue weighted by Crippen LogP contribution is 2.44. The molecule has 1 unspecified atom stereocenters. The first kappa shape index (κ1) is 13.0. The molecule has 1 N–H and O–H groups in total. The molecule has 1 aromatic rings. The summed E-state index contributed by atoms with van der Waals surface area (Å²) in [5.41, 5.74) is 1.45. The molecular formula is C16H24N4S. The van der Waals surface area contributed by atoms with E-state index >= 15 is 0 Å². The number of fused-ring (bicyclic) bond motifs is 3. The SMILES string of the molecule is C(NC1CC1)c1sc(C2CN3CCN2CC3)nc1C1CC1. The summed E-state index contributed by atoms with van der Waals surface area (Å²) in [6.45, 7) is 7.25. The average Bonchev–Trinajstić information content (AvgIpc) is 3.45. The quantitative estimate of drug-likeness (QED) is 0.901. The summed E-state index contributed by atoms with van der Waals surface area (Å²) in [4.78, 5) is 11.9. The summed E-state index contributed by atoms with van der Waals surface area (Å²) in [5.74, 6) is 0.780. The van der Waals surface area contributed by atoms with Crippen LogP contribution in [-0.4, -0.2) is 53.5 Å². The number of nitrogens with one attached hydrogen (secondary N) is 1. The van der Waals surface area contributed by atoms with Crippen molar-refractivity contribution in [2.24, 2.45) is 0 Å². The van der Waals surface area contributed by atoms with E-state index in [2.05, 4.69) is 15.1 Å². The van der Waals surface area contributed by atoms with Gasteiger partial charge in [-0.3, -0.25) is 9.80 Å². The van der Waals surface area contributed by atoms with Crippen molar-refractivity contribution >= 4 is 11.3 Å². The predicted molar refractivity (Wildman–Crippen MR) is 84.7 cm³/mol. The number of aromatic nitrogens is 1. The molecule has 5 fully saturated rings. The zero-order chi connectivity index (χ0) is 13.8. The van der Waals surface area contributed by atoms with Crippen LogP contribution in [0.15, 0.2) is 0 Å². The molecule has 1 atom stereocenters. The van der Waals surface area contributed by atoms with Crippen molar-refractivity contribution in [3.8, 4) is 0 Å². The molecule has 3 aliphatic heterocycles. The molecule has 0 aromatic carbocycles. The Morgan fingerprint density at radius 2 is 1.90 bits per heavy atom. The van der Waals surface area contributed by atoms with Crippen molar-refractivity contribution in [1.82, 2.24) is 20.1 Å². The second-order valence-corrected chi connectivity index (χ2v) is 8.26. The fourth-order valence-corrected chi connectivity index (χ4v) is 4.93. The zero-order valence-electron chi connectivity index (χ0n) is 12.6. The fourth-order valence-electron chi connectivity index (χ4n) is 3.70. The van der Waals surface area contributed by atoms with Gasteiger partial charge in [0, 0.05) is 56.1 Å². The summed E-state index contributed by atoms with van der Waals surface area (Å²) in [5, 5.41) is 5.09. The molecule has 3 saturated heterocycles. The van der Waals surface area contributed by atoms with Crippen LogP contribution in [0.2, 0.25) is 0 Å². The van der Waals surface area contributed by atoms with Gasteiger partial charge in [0.2, 0.25) is 0 Å². The van der Waals surface area contributed by atoms with E-state index in [0.29, 0.717) is 6.04 Å². The molecule has 5 heteroatoms. The van der Waals surface area contributed by atoms with Gasteiger partial charge in [0.1, 0.15) is 5.01 Å². The first-order valence-electron chi connectivity index (χ1n) is 8.56. The minimum Gasteiger partial charge on any atom is -0.309 e. The molecule has 1 aromatic heterocycles. The molecule has 2 bridgehead atoms. The third-order valence-electron chi connectivity index (χ3n) is 5.40. The van der Waals surface area contributed by atoms with Crippen LogP contribution in [-0.2, 0) is 6.54 Å².